The Bertz CT molecular complexity index is 3220. The SMILES string of the molecule is CC(=O)O[C@@H]1[C@@H](O)[C@H](O[C@H]2O[C@@H](C)[C@H](O[C@H]3OC[C@H](O)[C@@H](O)[C@@H]3O)[C@@H](O[C@H]3O[C@@H](CO)[C@H](O)[C@@H](O)[C@@H]3O)[C@@H]2O)[C@@H](OC(=O)[C@]23CCC(C)(C)C[C@H]2C2=CC[C@H]4[C@]5(C)CC[C@H](O[C@H]6O[C@@H](C(=O)O)[C@H](O)[C@@H](O[C@H]7OC[C@H](O)[C@@H](O)[C@@H]7O)[C@@H]6O[C@H]6O[C@@H](CO)[C@H](O)[C@@H](O)[C@@H]6O)[C@@](C)(C=O)[C@H]5CC[C@]4(C)[C@@]2(C)CC3)O[C@H]1C. The third kappa shape index (κ3) is 15.0. The molecule has 42 atom stereocenters. The first-order chi connectivity index (χ1) is 51.1. The number of aliphatic carboxylic acids is 1. The maximum Gasteiger partial charge on any atom is 0.335 e. The molecule has 0 aromatic heterocycles. The fraction of sp³-hybridized carbons (Fsp3) is 0.917. The van der Waals surface area contributed by atoms with Gasteiger partial charge in [0.2, 0.25) is 6.29 Å². The van der Waals surface area contributed by atoms with Crippen molar-refractivity contribution in [3.63, 3.8) is 0 Å². The smallest absolute Gasteiger partial charge is 0.335 e. The van der Waals surface area contributed by atoms with E-state index in [1.165, 1.54) is 13.8 Å². The molecule has 5 aliphatic carbocycles. The molecule has 7 aliphatic heterocycles. The van der Waals surface area contributed by atoms with Gasteiger partial charge < -0.3 is 168 Å². The van der Waals surface area contributed by atoms with Crippen LogP contribution in [0.5, 0.6) is 0 Å². The van der Waals surface area contributed by atoms with Gasteiger partial charge in [0.05, 0.1) is 55.6 Å². The lowest BCUT2D eigenvalue weighted by Crippen LogP contribution is -2.69. The summed E-state index contributed by atoms with van der Waals surface area (Å²) >= 11 is 0. The second-order valence-corrected chi connectivity index (χ2v) is 34.1. The zero-order valence-corrected chi connectivity index (χ0v) is 62.2. The Hall–Kier alpha value is -3.38. The molecule has 7 saturated heterocycles. The number of carboxylic acid groups (broad SMARTS) is 1. The lowest BCUT2D eigenvalue weighted by atomic mass is 9.33. The maximum absolute atomic E-state index is 16.0. The van der Waals surface area contributed by atoms with Crippen LogP contribution in [0.4, 0.5) is 0 Å². The number of carbonyl (C=O) groups excluding carboxylic acids is 3. The standard InChI is InChI=1S/C72H112O37/c1-26-51(99-28(3)76)48(89)56(107-63-50(91)54(105-61-46(87)42(83)40(81)33(21-73)100-61)52(27(2)97-63)103-59-44(85)38(79)31(77)23-95-59)64(98-26)109-66(94)72-18-16-67(4,5)20-30(72)29-10-11-36-68(6)14-13-37(69(7,25-75)35(68)12-15-71(36,9)70(29,8)17-19-72)102-65-57(108-62-47(88)43(84)41(82)34(22-74)101-62)53(49(90)55(106-65)58(92)93)104-60-45(86)39(80)32(78)24-96-60/h10,25-27,30-57,59-65,73-74,77-91H,11-24H2,1-9H3,(H,92,93)/t26-,27-,30-,31-,32-,33-,34-,35-,36-,37-,38+,39+,40-,41-,42+,43+,44-,45-,46-,47-,48+,49+,50-,51-,52-,53+,54-,55+,56-,57-,59+,60+,61+,62+,63+,64+,65-,68+,69-,70-,71-,72-/m0/s1. The average Bonchev–Trinajstić information content (AvgIpc) is 0.673. The van der Waals surface area contributed by atoms with Gasteiger partial charge in [-0.05, 0) is 117 Å². The van der Waals surface area contributed by atoms with Crippen molar-refractivity contribution in [2.75, 3.05) is 26.4 Å². The van der Waals surface area contributed by atoms with Crippen molar-refractivity contribution >= 4 is 24.2 Å². The summed E-state index contributed by atoms with van der Waals surface area (Å²) in [7, 11) is 0. The van der Waals surface area contributed by atoms with Crippen LogP contribution in [0.15, 0.2) is 11.6 Å². The molecule has 0 spiro atoms. The van der Waals surface area contributed by atoms with Gasteiger partial charge in [0.1, 0.15) is 134 Å². The summed E-state index contributed by atoms with van der Waals surface area (Å²) in [6.45, 7) is 13.7. The number of hydrogen-bond acceptors (Lipinski definition) is 36. The molecule has 0 unspecified atom stereocenters. The number of fused-ring (bicyclic) bond motifs is 7. The molecule has 12 aliphatic rings. The van der Waals surface area contributed by atoms with Crippen LogP contribution in [-0.4, -0.2) is 351 Å². The van der Waals surface area contributed by atoms with E-state index in [0.717, 1.165) is 18.8 Å². The summed E-state index contributed by atoms with van der Waals surface area (Å²) in [5.41, 5.74) is -3.76. The van der Waals surface area contributed by atoms with Crippen molar-refractivity contribution < 1.29 is 182 Å². The van der Waals surface area contributed by atoms with E-state index in [2.05, 4.69) is 40.7 Å². The van der Waals surface area contributed by atoms with Gasteiger partial charge in [-0.1, -0.05) is 53.2 Å². The molecule has 37 heteroatoms. The van der Waals surface area contributed by atoms with Crippen LogP contribution in [0.25, 0.3) is 0 Å². The Morgan fingerprint density at radius 2 is 0.991 bits per heavy atom. The number of aliphatic hydroxyl groups excluding tert-OH is 17. The first-order valence-corrected chi connectivity index (χ1v) is 37.8. The van der Waals surface area contributed by atoms with Crippen molar-refractivity contribution in [2.45, 2.75) is 335 Å². The maximum atomic E-state index is 16.0. The topological polar surface area (TPSA) is 571 Å². The monoisotopic (exact) mass is 1570 g/mol. The highest BCUT2D eigenvalue weighted by Crippen LogP contribution is 2.76. The largest absolute Gasteiger partial charge is 0.479 e. The van der Waals surface area contributed by atoms with Crippen LogP contribution >= 0.6 is 0 Å². The Morgan fingerprint density at radius 1 is 0.486 bits per heavy atom. The molecule has 18 N–H and O–H groups in total. The molecule has 0 radical (unpaired) electrons. The van der Waals surface area contributed by atoms with Gasteiger partial charge in [0.15, 0.2) is 56.1 Å². The fourth-order valence-electron chi connectivity index (χ4n) is 20.5. The number of aliphatic hydroxyl groups is 17. The highest BCUT2D eigenvalue weighted by Gasteiger charge is 2.72. The molecule has 0 amide bonds. The highest BCUT2D eigenvalue weighted by atomic mass is 16.8. The van der Waals surface area contributed by atoms with Crippen molar-refractivity contribution in [3.05, 3.63) is 11.6 Å². The van der Waals surface area contributed by atoms with Gasteiger partial charge in [0.25, 0.3) is 0 Å². The highest BCUT2D eigenvalue weighted by molar-refractivity contribution is 5.79. The van der Waals surface area contributed by atoms with Gasteiger partial charge in [-0.25, -0.2) is 4.79 Å². The van der Waals surface area contributed by atoms with Crippen LogP contribution in [0.2, 0.25) is 0 Å². The second-order valence-electron chi connectivity index (χ2n) is 34.1. The molecule has 7 heterocycles. The molecule has 109 heavy (non-hydrogen) atoms. The third-order valence-electron chi connectivity index (χ3n) is 27.1. The number of carbonyl (C=O) groups is 4. The quantitative estimate of drug-likeness (QED) is 0.0248. The molecule has 0 aromatic rings. The minimum absolute atomic E-state index is 0.124. The van der Waals surface area contributed by atoms with E-state index in [1.807, 2.05) is 0 Å². The van der Waals surface area contributed by atoms with E-state index in [4.69, 9.17) is 71.1 Å². The molecular weight excluding hydrogens is 1460 g/mol. The Kier molecular flexibility index (Phi) is 25.2. The molecule has 0 aromatic carbocycles. The zero-order valence-electron chi connectivity index (χ0n) is 62.2. The van der Waals surface area contributed by atoms with Crippen LogP contribution in [0.1, 0.15) is 127 Å². The normalized spacial score (nSPS) is 53.4. The van der Waals surface area contributed by atoms with Crippen molar-refractivity contribution in [2.24, 2.45) is 50.2 Å². The van der Waals surface area contributed by atoms with Gasteiger partial charge in [-0.15, -0.1) is 0 Å². The summed E-state index contributed by atoms with van der Waals surface area (Å²) < 4.78 is 91.1. The summed E-state index contributed by atoms with van der Waals surface area (Å²) in [6, 6.07) is 0. The summed E-state index contributed by atoms with van der Waals surface area (Å²) in [4.78, 5) is 56.0. The van der Waals surface area contributed by atoms with E-state index < -0.39 is 292 Å². The minimum Gasteiger partial charge on any atom is -0.479 e. The molecular formula is C72H112O37. The van der Waals surface area contributed by atoms with Gasteiger partial charge >= 0.3 is 17.9 Å². The number of carboxylic acids is 1. The Labute approximate surface area is 628 Å². The number of aldehydes is 1. The Morgan fingerprint density at radius 3 is 1.55 bits per heavy atom. The Balaban J connectivity index is 0.819. The number of esters is 2. The first-order valence-electron chi connectivity index (χ1n) is 37.8. The number of allylic oxidation sites excluding steroid dienone is 2. The number of ether oxygens (including phenoxy) is 15. The van der Waals surface area contributed by atoms with E-state index in [1.54, 1.807) is 6.92 Å². The average molecular weight is 1570 g/mol. The lowest BCUT2D eigenvalue weighted by Gasteiger charge is -2.71. The number of hydrogen-bond donors (Lipinski definition) is 18. The predicted molar refractivity (Wildman–Crippen MR) is 356 cm³/mol. The molecule has 4 saturated carbocycles. The van der Waals surface area contributed by atoms with Crippen LogP contribution in [-0.2, 0) is 90.2 Å². The van der Waals surface area contributed by atoms with Crippen molar-refractivity contribution in [1.29, 1.82) is 0 Å². The molecule has 622 valence electrons. The molecule has 11 fully saturated rings. The molecule has 12 rings (SSSR count). The summed E-state index contributed by atoms with van der Waals surface area (Å²) in [5.74, 6) is -4.35. The van der Waals surface area contributed by atoms with Gasteiger partial charge in [0, 0.05) is 6.92 Å². The van der Waals surface area contributed by atoms with E-state index in [0.29, 0.717) is 51.4 Å². The summed E-state index contributed by atoms with van der Waals surface area (Å²) in [6.07, 6.45) is -54.4. The second kappa shape index (κ2) is 32.3. The van der Waals surface area contributed by atoms with Crippen molar-refractivity contribution in [1.82, 2.24) is 0 Å². The number of rotatable bonds is 19. The zero-order chi connectivity index (χ0) is 79.6. The fourth-order valence-corrected chi connectivity index (χ4v) is 20.5. The molecule has 37 nitrogen and oxygen atoms in total. The van der Waals surface area contributed by atoms with E-state index >= 15 is 4.79 Å². The lowest BCUT2D eigenvalue weighted by molar-refractivity contribution is -0.394. The molecule has 0 bridgehead atoms. The van der Waals surface area contributed by atoms with Gasteiger partial charge in [-0.3, -0.25) is 9.59 Å². The first kappa shape index (κ1) is 85.0. The van der Waals surface area contributed by atoms with Gasteiger partial charge in [-0.2, -0.15) is 0 Å². The third-order valence-corrected chi connectivity index (χ3v) is 27.1. The van der Waals surface area contributed by atoms with Crippen molar-refractivity contribution in [3.8, 4) is 0 Å². The van der Waals surface area contributed by atoms with E-state index in [9.17, 15) is 106 Å². The minimum atomic E-state index is -2.22. The van der Waals surface area contributed by atoms with E-state index in [-0.39, 0.29) is 24.2 Å². The predicted octanol–water partition coefficient (Wildman–Crippen LogP) is -5.39. The van der Waals surface area contributed by atoms with Crippen LogP contribution in [0.3, 0.4) is 0 Å². The van der Waals surface area contributed by atoms with Crippen LogP contribution < -0.4 is 0 Å². The van der Waals surface area contributed by atoms with Crippen LogP contribution in [0, 0.1) is 50.2 Å². The summed E-state index contributed by atoms with van der Waals surface area (Å²) in [5, 5.41) is 197.